The maximum absolute atomic E-state index is 6.50. The van der Waals surface area contributed by atoms with E-state index in [1.54, 1.807) is 0 Å². The van der Waals surface area contributed by atoms with Gasteiger partial charge in [-0.3, -0.25) is 0 Å². The van der Waals surface area contributed by atoms with Crippen LogP contribution in [0.4, 0.5) is 0 Å². The number of rotatable bonds is 14. The van der Waals surface area contributed by atoms with Crippen LogP contribution >= 0.6 is 11.6 Å². The summed E-state index contributed by atoms with van der Waals surface area (Å²) in [5, 5.41) is 0.227. The highest BCUT2D eigenvalue weighted by Crippen LogP contribution is 2.37. The molecule has 26 heavy (non-hydrogen) atoms. The first kappa shape index (κ1) is 26.0. The van der Waals surface area contributed by atoms with Crippen LogP contribution in [0.25, 0.3) is 0 Å². The summed E-state index contributed by atoms with van der Waals surface area (Å²) in [7, 11) is -1.76. The lowest BCUT2D eigenvalue weighted by Crippen LogP contribution is -2.43. The lowest BCUT2D eigenvalue weighted by Gasteiger charge is -2.38. The van der Waals surface area contributed by atoms with Gasteiger partial charge in [0.25, 0.3) is 0 Å². The van der Waals surface area contributed by atoms with Crippen LogP contribution in [0.15, 0.2) is 0 Å². The van der Waals surface area contributed by atoms with Gasteiger partial charge in [0.1, 0.15) is 6.10 Å². The van der Waals surface area contributed by atoms with Crippen molar-refractivity contribution < 1.29 is 4.43 Å². The molecule has 1 nitrogen and oxygen atoms in total. The van der Waals surface area contributed by atoms with Gasteiger partial charge in [-0.25, -0.2) is 0 Å². The van der Waals surface area contributed by atoms with Gasteiger partial charge in [0.2, 0.25) is 0 Å². The summed E-state index contributed by atoms with van der Waals surface area (Å²) >= 11 is 5.76. The SMILES string of the molecule is CCCCCCCCCCCCCC(C#CCCl)O[Si](C)(C)C(C)(C)C. The van der Waals surface area contributed by atoms with Crippen LogP contribution in [0.3, 0.4) is 0 Å². The molecule has 0 saturated heterocycles. The van der Waals surface area contributed by atoms with E-state index < -0.39 is 8.32 Å². The van der Waals surface area contributed by atoms with Crippen LogP contribution in [-0.4, -0.2) is 20.3 Å². The van der Waals surface area contributed by atoms with Crippen LogP contribution in [0.1, 0.15) is 105 Å². The van der Waals surface area contributed by atoms with E-state index in [0.29, 0.717) is 5.88 Å². The minimum absolute atomic E-state index is 0.0632. The van der Waals surface area contributed by atoms with Crippen molar-refractivity contribution in [1.82, 2.24) is 0 Å². The van der Waals surface area contributed by atoms with Gasteiger partial charge >= 0.3 is 0 Å². The Morgan fingerprint density at radius 3 is 1.73 bits per heavy atom. The maximum atomic E-state index is 6.50. The van der Waals surface area contributed by atoms with Gasteiger partial charge in [0.05, 0.1) is 5.88 Å². The number of halogens is 1. The molecule has 1 unspecified atom stereocenters. The third-order valence-corrected chi connectivity index (χ3v) is 10.3. The zero-order valence-electron chi connectivity index (χ0n) is 18.6. The summed E-state index contributed by atoms with van der Waals surface area (Å²) < 4.78 is 6.50. The number of alkyl halides is 1. The quantitative estimate of drug-likeness (QED) is 0.123. The molecule has 0 aliphatic heterocycles. The first-order valence-electron chi connectivity index (χ1n) is 11.0. The lowest BCUT2D eigenvalue weighted by atomic mass is 10.0. The second-order valence-electron chi connectivity index (χ2n) is 9.15. The van der Waals surface area contributed by atoms with Gasteiger partial charge in [-0.1, -0.05) is 104 Å². The Labute approximate surface area is 171 Å². The van der Waals surface area contributed by atoms with Gasteiger partial charge < -0.3 is 4.43 Å². The molecule has 0 N–H and O–H groups in total. The molecule has 0 aliphatic rings. The van der Waals surface area contributed by atoms with E-state index in [4.69, 9.17) is 16.0 Å². The molecule has 0 spiro atoms. The first-order valence-corrected chi connectivity index (χ1v) is 14.4. The fourth-order valence-electron chi connectivity index (χ4n) is 2.84. The molecule has 0 rings (SSSR count). The van der Waals surface area contributed by atoms with Crippen LogP contribution < -0.4 is 0 Å². The zero-order valence-corrected chi connectivity index (χ0v) is 20.3. The molecule has 0 bridgehead atoms. The Hall–Kier alpha value is 0.0269. The summed E-state index contributed by atoms with van der Waals surface area (Å²) in [5.41, 5.74) is 0. The summed E-state index contributed by atoms with van der Waals surface area (Å²) in [4.78, 5) is 0. The highest BCUT2D eigenvalue weighted by atomic mass is 35.5. The van der Waals surface area contributed by atoms with Crippen LogP contribution in [0.2, 0.25) is 18.1 Å². The molecule has 154 valence electrons. The average molecular weight is 401 g/mol. The topological polar surface area (TPSA) is 9.23 Å². The number of hydrogen-bond acceptors (Lipinski definition) is 1. The molecule has 3 heteroatoms. The maximum Gasteiger partial charge on any atom is 0.193 e. The van der Waals surface area contributed by atoms with Gasteiger partial charge in [0, 0.05) is 0 Å². The summed E-state index contributed by atoms with van der Waals surface area (Å²) in [6, 6.07) is 0. The van der Waals surface area contributed by atoms with Crippen LogP contribution in [0, 0.1) is 11.8 Å². The van der Waals surface area contributed by atoms with Crippen molar-refractivity contribution in [2.24, 2.45) is 0 Å². The Balaban J connectivity index is 3.95. The third-order valence-electron chi connectivity index (χ3n) is 5.64. The molecular formula is C23H45ClOSi. The van der Waals surface area contributed by atoms with Crippen molar-refractivity contribution in [3.05, 3.63) is 0 Å². The van der Waals surface area contributed by atoms with E-state index in [2.05, 4.69) is 52.6 Å². The van der Waals surface area contributed by atoms with Crippen LogP contribution in [-0.2, 0) is 4.43 Å². The molecule has 0 aromatic heterocycles. The van der Waals surface area contributed by atoms with Crippen molar-refractivity contribution in [3.63, 3.8) is 0 Å². The van der Waals surface area contributed by atoms with Crippen molar-refractivity contribution in [1.29, 1.82) is 0 Å². The standard InChI is InChI=1S/C23H45ClOSi/c1-7-8-9-10-11-12-13-14-15-16-17-19-22(20-18-21-24)25-26(5,6)23(2,3)4/h22H,7-17,19,21H2,1-6H3. The minimum atomic E-state index is -1.76. The van der Waals surface area contributed by atoms with E-state index in [1.165, 1.54) is 70.6 Å². The summed E-state index contributed by atoms with van der Waals surface area (Å²) in [5.74, 6) is 6.69. The van der Waals surface area contributed by atoms with E-state index in [0.717, 1.165) is 6.42 Å². The Bertz CT molecular complexity index is 389. The summed E-state index contributed by atoms with van der Waals surface area (Å²) in [6.07, 6.45) is 16.2. The lowest BCUT2D eigenvalue weighted by molar-refractivity contribution is 0.219. The minimum Gasteiger partial charge on any atom is -0.403 e. The molecule has 0 aromatic carbocycles. The molecule has 0 amide bonds. The normalized spacial score (nSPS) is 13.3. The van der Waals surface area contributed by atoms with Crippen molar-refractivity contribution in [2.75, 3.05) is 5.88 Å². The number of unbranched alkanes of at least 4 members (excludes halogenated alkanes) is 10. The van der Waals surface area contributed by atoms with Gasteiger partial charge in [-0.2, -0.15) is 0 Å². The second kappa shape index (κ2) is 15.0. The summed E-state index contributed by atoms with van der Waals surface area (Å²) in [6.45, 7) is 13.8. The highest BCUT2D eigenvalue weighted by Gasteiger charge is 2.38. The van der Waals surface area contributed by atoms with Crippen molar-refractivity contribution in [3.8, 4) is 11.8 Å². The van der Waals surface area contributed by atoms with E-state index >= 15 is 0 Å². The molecule has 0 aromatic rings. The molecule has 0 aliphatic carbocycles. The predicted octanol–water partition coefficient (Wildman–Crippen LogP) is 8.32. The molecular weight excluding hydrogens is 356 g/mol. The molecule has 0 heterocycles. The van der Waals surface area contributed by atoms with Gasteiger partial charge in [0.15, 0.2) is 8.32 Å². The molecule has 1 atom stereocenters. The van der Waals surface area contributed by atoms with E-state index in [1.807, 2.05) is 0 Å². The van der Waals surface area contributed by atoms with Gasteiger partial charge in [-0.15, -0.1) is 11.6 Å². The zero-order chi connectivity index (χ0) is 19.9. The monoisotopic (exact) mass is 400 g/mol. The van der Waals surface area contributed by atoms with E-state index in [-0.39, 0.29) is 11.1 Å². The number of hydrogen-bond donors (Lipinski definition) is 0. The smallest absolute Gasteiger partial charge is 0.193 e. The van der Waals surface area contributed by atoms with Crippen molar-refractivity contribution >= 4 is 19.9 Å². The Kier molecular flexibility index (Phi) is 15.0. The molecule has 0 saturated carbocycles. The predicted molar refractivity (Wildman–Crippen MR) is 122 cm³/mol. The van der Waals surface area contributed by atoms with E-state index in [9.17, 15) is 0 Å². The fourth-order valence-corrected chi connectivity index (χ4v) is 4.16. The Morgan fingerprint density at radius 1 is 0.846 bits per heavy atom. The highest BCUT2D eigenvalue weighted by molar-refractivity contribution is 6.74. The van der Waals surface area contributed by atoms with Crippen molar-refractivity contribution in [2.45, 2.75) is 129 Å². The Morgan fingerprint density at radius 2 is 1.31 bits per heavy atom. The van der Waals surface area contributed by atoms with Crippen LogP contribution in [0.5, 0.6) is 0 Å². The fraction of sp³-hybridized carbons (Fsp3) is 0.913. The third kappa shape index (κ3) is 13.2. The van der Waals surface area contributed by atoms with Gasteiger partial charge in [-0.05, 0) is 31.0 Å². The largest absolute Gasteiger partial charge is 0.403 e. The average Bonchev–Trinajstić information content (AvgIpc) is 2.56. The molecule has 0 fully saturated rings. The first-order chi connectivity index (χ1) is 12.2. The second-order valence-corrected chi connectivity index (χ2v) is 14.2. The molecule has 0 radical (unpaired) electrons.